The van der Waals surface area contributed by atoms with Crippen molar-refractivity contribution in [2.45, 2.75) is 10.1 Å². The van der Waals surface area contributed by atoms with Crippen LogP contribution in [0.3, 0.4) is 0 Å². The maximum Gasteiger partial charge on any atom is 0.368 e. The van der Waals surface area contributed by atoms with Gasteiger partial charge in [0.15, 0.2) is 5.16 Å². The van der Waals surface area contributed by atoms with Crippen LogP contribution in [0.5, 0.6) is 11.8 Å². The summed E-state index contributed by atoms with van der Waals surface area (Å²) in [5.41, 5.74) is 0.331. The normalized spacial score (nSPS) is 10.7. The average Bonchev–Trinajstić information content (AvgIpc) is 2.79. The van der Waals surface area contributed by atoms with E-state index in [2.05, 4.69) is 15.1 Å². The number of benzene rings is 2. The van der Waals surface area contributed by atoms with Crippen molar-refractivity contribution in [2.75, 3.05) is 14.2 Å². The van der Waals surface area contributed by atoms with Gasteiger partial charge in [0.25, 0.3) is 5.69 Å². The van der Waals surface area contributed by atoms with Crippen LogP contribution in [0.1, 0.15) is 15.9 Å². The van der Waals surface area contributed by atoms with Gasteiger partial charge < -0.3 is 14.3 Å². The zero-order chi connectivity index (χ0) is 23.1. The number of hydrogen-bond acceptors (Lipinski definition) is 10. The predicted octanol–water partition coefficient (Wildman–Crippen LogP) is 4.40. The molecule has 10 nitrogen and oxygen atoms in total. The first kappa shape index (κ1) is 23.0. The Balaban J connectivity index is 1.82. The van der Waals surface area contributed by atoms with E-state index < -0.39 is 10.9 Å². The van der Waals surface area contributed by atoms with Crippen LogP contribution in [-0.4, -0.2) is 41.3 Å². The molecule has 0 atom stereocenters. The minimum absolute atomic E-state index is 0.0562. The highest BCUT2D eigenvalue weighted by Gasteiger charge is 2.20. The van der Waals surface area contributed by atoms with E-state index in [0.29, 0.717) is 10.5 Å². The van der Waals surface area contributed by atoms with Gasteiger partial charge in [-0.2, -0.15) is 9.97 Å². The molecule has 0 aliphatic rings. The van der Waals surface area contributed by atoms with E-state index in [4.69, 9.17) is 25.9 Å². The molecule has 0 fully saturated rings. The standard InChI is InChI=1S/C20H15ClN4O6S/c1-29-16-10-17(30-2)24-20(23-16)32-15-8-4-7-14(21)18(15)19(26)31-22-11-12-5-3-6-13(9-12)25(27)28/h3-11H,1-2H3/b22-11+. The highest BCUT2D eigenvalue weighted by atomic mass is 35.5. The summed E-state index contributed by atoms with van der Waals surface area (Å²) in [5.74, 6) is -0.256. The lowest BCUT2D eigenvalue weighted by molar-refractivity contribution is -0.384. The summed E-state index contributed by atoms with van der Waals surface area (Å²) in [6.45, 7) is 0. The number of aromatic nitrogens is 2. The van der Waals surface area contributed by atoms with Gasteiger partial charge in [-0.05, 0) is 23.9 Å². The Kier molecular flexibility index (Phi) is 7.58. The van der Waals surface area contributed by atoms with Crippen LogP contribution < -0.4 is 9.47 Å². The van der Waals surface area contributed by atoms with Crippen molar-refractivity contribution >= 4 is 41.2 Å². The molecule has 0 N–H and O–H groups in total. The van der Waals surface area contributed by atoms with Gasteiger partial charge in [0, 0.05) is 22.6 Å². The number of nitrogens with zero attached hydrogens (tertiary/aromatic N) is 4. The van der Waals surface area contributed by atoms with Gasteiger partial charge in [0.1, 0.15) is 0 Å². The Morgan fingerprint density at radius 1 is 1.12 bits per heavy atom. The number of halogens is 1. The summed E-state index contributed by atoms with van der Waals surface area (Å²) in [4.78, 5) is 36.8. The van der Waals surface area contributed by atoms with E-state index >= 15 is 0 Å². The molecule has 0 aliphatic heterocycles. The highest BCUT2D eigenvalue weighted by molar-refractivity contribution is 7.99. The molecule has 3 aromatic rings. The fraction of sp³-hybridized carbons (Fsp3) is 0.100. The van der Waals surface area contributed by atoms with Crippen molar-refractivity contribution < 1.29 is 24.0 Å². The molecule has 0 spiro atoms. The number of oxime groups is 1. The maximum atomic E-state index is 12.7. The van der Waals surface area contributed by atoms with Gasteiger partial charge in [-0.1, -0.05) is 35.0 Å². The number of hydrogen-bond donors (Lipinski definition) is 0. The first-order valence-electron chi connectivity index (χ1n) is 8.84. The van der Waals surface area contributed by atoms with Gasteiger partial charge in [-0.15, -0.1) is 0 Å². The lowest BCUT2D eigenvalue weighted by Gasteiger charge is -2.09. The minimum atomic E-state index is -0.824. The summed E-state index contributed by atoms with van der Waals surface area (Å²) in [6, 6.07) is 12.0. The molecule has 0 saturated heterocycles. The second-order valence-corrected chi connectivity index (χ2v) is 7.33. The number of carbonyl (C=O) groups is 1. The van der Waals surface area contributed by atoms with E-state index in [0.717, 1.165) is 11.8 Å². The quantitative estimate of drug-likeness (QED) is 0.153. The van der Waals surface area contributed by atoms with E-state index in [9.17, 15) is 14.9 Å². The van der Waals surface area contributed by atoms with Gasteiger partial charge >= 0.3 is 5.97 Å². The number of carbonyl (C=O) groups excluding carboxylic acids is 1. The number of rotatable bonds is 8. The van der Waals surface area contributed by atoms with Gasteiger partial charge in [0.05, 0.1) is 42.0 Å². The van der Waals surface area contributed by atoms with E-state index in [1.165, 1.54) is 50.8 Å². The largest absolute Gasteiger partial charge is 0.481 e. The Morgan fingerprint density at radius 2 is 1.81 bits per heavy atom. The summed E-state index contributed by atoms with van der Waals surface area (Å²) in [5, 5.41) is 14.9. The van der Waals surface area contributed by atoms with Crippen molar-refractivity contribution in [1.82, 2.24) is 9.97 Å². The molecule has 1 aromatic heterocycles. The lowest BCUT2D eigenvalue weighted by Crippen LogP contribution is -2.05. The third kappa shape index (κ3) is 5.71. The van der Waals surface area contributed by atoms with Crippen molar-refractivity contribution in [1.29, 1.82) is 0 Å². The van der Waals surface area contributed by atoms with E-state index in [1.54, 1.807) is 18.2 Å². The van der Waals surface area contributed by atoms with Crippen molar-refractivity contribution in [3.8, 4) is 11.8 Å². The molecular formula is C20H15ClN4O6S. The number of methoxy groups -OCH3 is 2. The summed E-state index contributed by atoms with van der Waals surface area (Å²) in [6.07, 6.45) is 1.19. The van der Waals surface area contributed by atoms with Crippen LogP contribution in [0.4, 0.5) is 5.69 Å². The summed E-state index contributed by atoms with van der Waals surface area (Å²) < 4.78 is 10.3. The monoisotopic (exact) mass is 474 g/mol. The Labute approximate surface area is 191 Å². The third-order valence-electron chi connectivity index (χ3n) is 3.88. The molecule has 2 aromatic carbocycles. The lowest BCUT2D eigenvalue weighted by atomic mass is 10.2. The van der Waals surface area contributed by atoms with E-state index in [1.807, 2.05) is 0 Å². The molecule has 0 aliphatic carbocycles. The van der Waals surface area contributed by atoms with Crippen LogP contribution in [0.15, 0.2) is 63.7 Å². The smallest absolute Gasteiger partial charge is 0.368 e. The second kappa shape index (κ2) is 10.6. The third-order valence-corrected chi connectivity index (χ3v) is 5.12. The van der Waals surface area contributed by atoms with Crippen LogP contribution in [0.2, 0.25) is 5.02 Å². The van der Waals surface area contributed by atoms with Crippen molar-refractivity contribution in [3.63, 3.8) is 0 Å². The fourth-order valence-corrected chi connectivity index (χ4v) is 3.64. The first-order chi connectivity index (χ1) is 15.4. The van der Waals surface area contributed by atoms with Crippen LogP contribution in [0.25, 0.3) is 0 Å². The molecule has 32 heavy (non-hydrogen) atoms. The Hall–Kier alpha value is -3.70. The summed E-state index contributed by atoms with van der Waals surface area (Å²) in [7, 11) is 2.91. The molecule has 1 heterocycles. The zero-order valence-electron chi connectivity index (χ0n) is 16.7. The second-order valence-electron chi connectivity index (χ2n) is 5.92. The highest BCUT2D eigenvalue weighted by Crippen LogP contribution is 2.34. The maximum absolute atomic E-state index is 12.7. The molecule has 0 radical (unpaired) electrons. The average molecular weight is 475 g/mol. The number of nitro benzene ring substituents is 1. The fourth-order valence-electron chi connectivity index (χ4n) is 2.42. The van der Waals surface area contributed by atoms with Crippen molar-refractivity contribution in [2.24, 2.45) is 5.16 Å². The van der Waals surface area contributed by atoms with Gasteiger partial charge in [0.2, 0.25) is 11.8 Å². The van der Waals surface area contributed by atoms with Crippen LogP contribution in [-0.2, 0) is 4.84 Å². The van der Waals surface area contributed by atoms with Gasteiger partial charge in [-0.25, -0.2) is 4.79 Å². The molecule has 164 valence electrons. The number of non-ortho nitro benzene ring substituents is 1. The number of nitro groups is 1. The Bertz CT molecular complexity index is 1170. The number of ether oxygens (including phenoxy) is 2. The molecular weight excluding hydrogens is 460 g/mol. The molecule has 0 amide bonds. The SMILES string of the molecule is COc1cc(OC)nc(Sc2cccc(Cl)c2C(=O)O/N=C/c2cccc([N+](=O)[O-])c2)n1. The zero-order valence-corrected chi connectivity index (χ0v) is 18.3. The molecule has 12 heteroatoms. The van der Waals surface area contributed by atoms with Crippen LogP contribution in [0, 0.1) is 10.1 Å². The van der Waals surface area contributed by atoms with Crippen LogP contribution >= 0.6 is 23.4 Å². The molecule has 0 bridgehead atoms. The molecule has 3 rings (SSSR count). The Morgan fingerprint density at radius 3 is 2.47 bits per heavy atom. The molecule has 0 saturated carbocycles. The summed E-state index contributed by atoms with van der Waals surface area (Å²) >= 11 is 7.28. The molecule has 0 unspecified atom stereocenters. The van der Waals surface area contributed by atoms with Gasteiger partial charge in [-0.3, -0.25) is 10.1 Å². The first-order valence-corrected chi connectivity index (χ1v) is 10.0. The predicted molar refractivity (Wildman–Crippen MR) is 117 cm³/mol. The van der Waals surface area contributed by atoms with Crippen molar-refractivity contribution in [3.05, 3.63) is 74.8 Å². The minimum Gasteiger partial charge on any atom is -0.481 e. The topological polar surface area (TPSA) is 126 Å². The van der Waals surface area contributed by atoms with E-state index in [-0.39, 0.29) is 33.2 Å².